The highest BCUT2D eigenvalue weighted by molar-refractivity contribution is 14.1. The van der Waals surface area contributed by atoms with Crippen molar-refractivity contribution in [2.45, 2.75) is 25.2 Å². The van der Waals surface area contributed by atoms with Crippen LogP contribution in [0.25, 0.3) is 0 Å². The first kappa shape index (κ1) is 12.5. The van der Waals surface area contributed by atoms with Crippen LogP contribution >= 0.6 is 34.2 Å². The topological polar surface area (TPSA) is 29.0 Å². The van der Waals surface area contributed by atoms with Gasteiger partial charge in [0.15, 0.2) is 0 Å². The SMILES string of the molecule is CN(C)CCc1nc(Cl)c(I)c(C2CC2)n1. The van der Waals surface area contributed by atoms with Crippen molar-refractivity contribution in [2.24, 2.45) is 0 Å². The molecule has 5 heteroatoms. The van der Waals surface area contributed by atoms with Crippen LogP contribution in [-0.2, 0) is 6.42 Å². The lowest BCUT2D eigenvalue weighted by molar-refractivity contribution is 0.409. The summed E-state index contributed by atoms with van der Waals surface area (Å²) in [6.45, 7) is 0.959. The van der Waals surface area contributed by atoms with Crippen molar-refractivity contribution < 1.29 is 0 Å². The maximum Gasteiger partial charge on any atom is 0.146 e. The minimum absolute atomic E-state index is 0.617. The van der Waals surface area contributed by atoms with E-state index in [1.807, 2.05) is 0 Å². The predicted octanol–water partition coefficient (Wildman–Crippen LogP) is 2.72. The third-order valence-electron chi connectivity index (χ3n) is 2.63. The largest absolute Gasteiger partial charge is 0.309 e. The molecule has 2 rings (SSSR count). The minimum atomic E-state index is 0.617. The van der Waals surface area contributed by atoms with Crippen LogP contribution in [0.1, 0.15) is 30.3 Å². The van der Waals surface area contributed by atoms with Crippen LogP contribution in [0.2, 0.25) is 5.15 Å². The van der Waals surface area contributed by atoms with Crippen molar-refractivity contribution in [3.63, 3.8) is 0 Å². The van der Waals surface area contributed by atoms with Crippen LogP contribution in [0.15, 0.2) is 0 Å². The van der Waals surface area contributed by atoms with Gasteiger partial charge in [0.1, 0.15) is 11.0 Å². The molecular formula is C11H15ClIN3. The van der Waals surface area contributed by atoms with E-state index in [0.717, 1.165) is 28.1 Å². The van der Waals surface area contributed by atoms with Gasteiger partial charge in [-0.3, -0.25) is 0 Å². The Bertz CT molecular complexity index is 391. The molecule has 0 aliphatic heterocycles. The summed E-state index contributed by atoms with van der Waals surface area (Å²) in [6.07, 6.45) is 3.36. The average Bonchev–Trinajstić information content (AvgIpc) is 3.03. The normalized spacial score (nSPS) is 15.8. The van der Waals surface area contributed by atoms with Gasteiger partial charge in [-0.05, 0) is 49.5 Å². The summed E-state index contributed by atoms with van der Waals surface area (Å²) in [7, 11) is 4.10. The molecule has 0 spiro atoms. The number of rotatable bonds is 4. The Hall–Kier alpha value is 0.0600. The minimum Gasteiger partial charge on any atom is -0.309 e. The lowest BCUT2D eigenvalue weighted by Crippen LogP contribution is -2.17. The van der Waals surface area contributed by atoms with Crippen molar-refractivity contribution in [1.82, 2.24) is 14.9 Å². The molecule has 0 N–H and O–H groups in total. The summed E-state index contributed by atoms with van der Waals surface area (Å²) < 4.78 is 1.04. The fourth-order valence-electron chi connectivity index (χ4n) is 1.54. The molecule has 1 saturated carbocycles. The van der Waals surface area contributed by atoms with E-state index in [2.05, 4.69) is 51.6 Å². The first-order valence-electron chi connectivity index (χ1n) is 5.44. The van der Waals surface area contributed by atoms with Gasteiger partial charge in [-0.2, -0.15) is 0 Å². The van der Waals surface area contributed by atoms with Crippen LogP contribution in [0, 0.1) is 3.57 Å². The third-order valence-corrected chi connectivity index (χ3v) is 4.29. The number of nitrogens with zero attached hydrogens (tertiary/aromatic N) is 3. The van der Waals surface area contributed by atoms with E-state index in [-0.39, 0.29) is 0 Å². The van der Waals surface area contributed by atoms with E-state index < -0.39 is 0 Å². The molecule has 1 aromatic heterocycles. The third kappa shape index (κ3) is 3.05. The Labute approximate surface area is 115 Å². The van der Waals surface area contributed by atoms with Crippen molar-refractivity contribution in [1.29, 1.82) is 0 Å². The van der Waals surface area contributed by atoms with Gasteiger partial charge in [-0.15, -0.1) is 0 Å². The van der Waals surface area contributed by atoms with Crippen molar-refractivity contribution in [3.8, 4) is 0 Å². The van der Waals surface area contributed by atoms with E-state index in [9.17, 15) is 0 Å². The first-order chi connectivity index (χ1) is 7.58. The quantitative estimate of drug-likeness (QED) is 0.617. The van der Waals surface area contributed by atoms with Crippen molar-refractivity contribution in [2.75, 3.05) is 20.6 Å². The van der Waals surface area contributed by atoms with Gasteiger partial charge in [0.25, 0.3) is 0 Å². The predicted molar refractivity (Wildman–Crippen MR) is 74.0 cm³/mol. The van der Waals surface area contributed by atoms with Gasteiger partial charge in [-0.25, -0.2) is 9.97 Å². The highest BCUT2D eigenvalue weighted by atomic mass is 127. The van der Waals surface area contributed by atoms with Crippen LogP contribution < -0.4 is 0 Å². The molecule has 0 aromatic carbocycles. The molecule has 1 heterocycles. The van der Waals surface area contributed by atoms with E-state index >= 15 is 0 Å². The molecule has 0 amide bonds. The van der Waals surface area contributed by atoms with Gasteiger partial charge in [0.2, 0.25) is 0 Å². The smallest absolute Gasteiger partial charge is 0.146 e. The number of aromatic nitrogens is 2. The molecule has 1 aliphatic rings. The molecule has 16 heavy (non-hydrogen) atoms. The number of hydrogen-bond acceptors (Lipinski definition) is 3. The molecule has 1 aliphatic carbocycles. The second kappa shape index (κ2) is 5.14. The molecule has 3 nitrogen and oxygen atoms in total. The average molecular weight is 352 g/mol. The lowest BCUT2D eigenvalue weighted by atomic mass is 10.2. The Morgan fingerprint density at radius 2 is 2.06 bits per heavy atom. The summed E-state index contributed by atoms with van der Waals surface area (Å²) in [6, 6.07) is 0. The molecular weight excluding hydrogens is 336 g/mol. The highest BCUT2D eigenvalue weighted by Gasteiger charge is 2.29. The van der Waals surface area contributed by atoms with Gasteiger partial charge in [-0.1, -0.05) is 11.6 Å². The van der Waals surface area contributed by atoms with Crippen LogP contribution in [0.3, 0.4) is 0 Å². The second-order valence-corrected chi connectivity index (χ2v) is 5.89. The number of halogens is 2. The fourth-order valence-corrected chi connectivity index (χ4v) is 2.42. The molecule has 1 fully saturated rings. The molecule has 0 radical (unpaired) electrons. The zero-order chi connectivity index (χ0) is 11.7. The summed E-state index contributed by atoms with van der Waals surface area (Å²) in [5, 5.41) is 0.617. The lowest BCUT2D eigenvalue weighted by Gasteiger charge is -2.10. The summed E-state index contributed by atoms with van der Waals surface area (Å²) in [5.41, 5.74) is 1.16. The van der Waals surface area contributed by atoms with Gasteiger partial charge < -0.3 is 4.90 Å². The fraction of sp³-hybridized carbons (Fsp3) is 0.636. The monoisotopic (exact) mass is 351 g/mol. The summed E-state index contributed by atoms with van der Waals surface area (Å²) in [5.74, 6) is 1.51. The van der Waals surface area contributed by atoms with E-state index in [1.54, 1.807) is 0 Å². The first-order valence-corrected chi connectivity index (χ1v) is 6.90. The summed E-state index contributed by atoms with van der Waals surface area (Å²) in [4.78, 5) is 11.1. The van der Waals surface area contributed by atoms with Crippen LogP contribution in [0.4, 0.5) is 0 Å². The van der Waals surface area contributed by atoms with Crippen molar-refractivity contribution >= 4 is 34.2 Å². The zero-order valence-corrected chi connectivity index (χ0v) is 12.4. The summed E-state index contributed by atoms with van der Waals surface area (Å²) >= 11 is 8.39. The molecule has 0 saturated heterocycles. The van der Waals surface area contributed by atoms with Gasteiger partial charge in [0.05, 0.1) is 9.26 Å². The molecule has 0 bridgehead atoms. The maximum absolute atomic E-state index is 6.13. The van der Waals surface area contributed by atoms with Gasteiger partial charge >= 0.3 is 0 Å². The Morgan fingerprint density at radius 1 is 1.38 bits per heavy atom. The standard InChI is InChI=1S/C11H15ClIN3/c1-16(2)6-5-8-14-10(7-3-4-7)9(13)11(12)15-8/h7H,3-6H2,1-2H3. The van der Waals surface area contributed by atoms with Crippen LogP contribution in [-0.4, -0.2) is 35.5 Å². The molecule has 1 aromatic rings. The van der Waals surface area contributed by atoms with Gasteiger partial charge in [0, 0.05) is 18.9 Å². The zero-order valence-electron chi connectivity index (χ0n) is 9.50. The second-order valence-electron chi connectivity index (χ2n) is 4.46. The van der Waals surface area contributed by atoms with E-state index in [4.69, 9.17) is 11.6 Å². The number of likely N-dealkylation sites (N-methyl/N-ethyl adjacent to an activating group) is 1. The Morgan fingerprint density at radius 3 is 2.62 bits per heavy atom. The molecule has 0 atom stereocenters. The number of hydrogen-bond donors (Lipinski definition) is 0. The molecule has 0 unspecified atom stereocenters. The van der Waals surface area contributed by atoms with E-state index in [0.29, 0.717) is 11.1 Å². The highest BCUT2D eigenvalue weighted by Crippen LogP contribution is 2.42. The maximum atomic E-state index is 6.13. The Kier molecular flexibility index (Phi) is 4.02. The molecule has 88 valence electrons. The van der Waals surface area contributed by atoms with Crippen LogP contribution in [0.5, 0.6) is 0 Å². The van der Waals surface area contributed by atoms with E-state index in [1.165, 1.54) is 12.8 Å². The van der Waals surface area contributed by atoms with Crippen molar-refractivity contribution in [3.05, 3.63) is 20.2 Å². The Balaban J connectivity index is 2.19.